The van der Waals surface area contributed by atoms with Gasteiger partial charge in [-0.2, -0.15) is 0 Å². The Balaban J connectivity index is 1.87. The highest BCUT2D eigenvalue weighted by Crippen LogP contribution is 2.30. The van der Waals surface area contributed by atoms with Crippen LogP contribution in [0.2, 0.25) is 0 Å². The summed E-state index contributed by atoms with van der Waals surface area (Å²) < 4.78 is 5.40. The predicted octanol–water partition coefficient (Wildman–Crippen LogP) is 5.21. The molecule has 0 N–H and O–H groups in total. The van der Waals surface area contributed by atoms with Gasteiger partial charge in [0, 0.05) is 5.38 Å². The Labute approximate surface area is 122 Å². The van der Waals surface area contributed by atoms with E-state index in [0.29, 0.717) is 0 Å². The molecule has 1 aromatic carbocycles. The molecule has 0 heterocycles. The van der Waals surface area contributed by atoms with Gasteiger partial charge in [-0.05, 0) is 30.4 Å². The molecular formula is C17H25ClO. The molecule has 0 saturated heterocycles. The van der Waals surface area contributed by atoms with E-state index in [4.69, 9.17) is 16.3 Å². The summed E-state index contributed by atoms with van der Waals surface area (Å²) in [6.07, 6.45) is 10.4. The van der Waals surface area contributed by atoms with Crippen LogP contribution in [0.15, 0.2) is 24.3 Å². The molecule has 1 aromatic rings. The maximum absolute atomic E-state index is 6.58. The third kappa shape index (κ3) is 4.72. The van der Waals surface area contributed by atoms with Crippen molar-refractivity contribution in [2.75, 3.05) is 7.11 Å². The number of hydrogen-bond donors (Lipinski definition) is 0. The lowest BCUT2D eigenvalue weighted by atomic mass is 9.92. The number of benzene rings is 1. The summed E-state index contributed by atoms with van der Waals surface area (Å²) in [4.78, 5) is 0. The lowest BCUT2D eigenvalue weighted by molar-refractivity contribution is 0.401. The van der Waals surface area contributed by atoms with E-state index in [1.165, 1.54) is 44.1 Å². The number of para-hydroxylation sites is 1. The maximum Gasteiger partial charge on any atom is 0.122 e. The van der Waals surface area contributed by atoms with Gasteiger partial charge in [0.05, 0.1) is 7.11 Å². The van der Waals surface area contributed by atoms with Gasteiger partial charge in [-0.15, -0.1) is 11.6 Å². The molecule has 0 amide bonds. The normalized spacial score (nSPS) is 18.8. The Morgan fingerprint density at radius 2 is 1.84 bits per heavy atom. The standard InChI is InChI=1S/C17H25ClO/c1-19-17-11-7-6-10-15(17)13-16(18)12-14-8-4-2-3-5-9-14/h6-7,10-11,14,16H,2-5,8-9,12-13H2,1H3. The first-order chi connectivity index (χ1) is 9.29. The molecule has 0 aliphatic heterocycles. The van der Waals surface area contributed by atoms with Gasteiger partial charge in [-0.1, -0.05) is 56.7 Å². The van der Waals surface area contributed by atoms with Crippen molar-refractivity contribution >= 4 is 11.6 Å². The van der Waals surface area contributed by atoms with Crippen molar-refractivity contribution < 1.29 is 4.74 Å². The third-order valence-electron chi connectivity index (χ3n) is 4.20. The monoisotopic (exact) mass is 280 g/mol. The van der Waals surface area contributed by atoms with Crippen LogP contribution in [0, 0.1) is 5.92 Å². The van der Waals surface area contributed by atoms with Gasteiger partial charge in [0.2, 0.25) is 0 Å². The third-order valence-corrected chi connectivity index (χ3v) is 4.53. The van der Waals surface area contributed by atoms with Crippen LogP contribution in [0.25, 0.3) is 0 Å². The van der Waals surface area contributed by atoms with Crippen LogP contribution in [0.4, 0.5) is 0 Å². The van der Waals surface area contributed by atoms with Crippen molar-refractivity contribution in [1.82, 2.24) is 0 Å². The van der Waals surface area contributed by atoms with Gasteiger partial charge in [-0.25, -0.2) is 0 Å². The van der Waals surface area contributed by atoms with E-state index in [1.54, 1.807) is 7.11 Å². The van der Waals surface area contributed by atoms with Crippen LogP contribution in [0.5, 0.6) is 5.75 Å². The molecule has 0 spiro atoms. The highest BCUT2D eigenvalue weighted by Gasteiger charge is 2.18. The molecule has 2 heteroatoms. The molecule has 0 aromatic heterocycles. The lowest BCUT2D eigenvalue weighted by Crippen LogP contribution is -2.11. The van der Waals surface area contributed by atoms with Gasteiger partial charge >= 0.3 is 0 Å². The number of hydrogen-bond acceptors (Lipinski definition) is 1. The number of rotatable bonds is 5. The topological polar surface area (TPSA) is 9.23 Å². The summed E-state index contributed by atoms with van der Waals surface area (Å²) in [6, 6.07) is 8.22. The van der Waals surface area contributed by atoms with Crippen molar-refractivity contribution in [1.29, 1.82) is 0 Å². The van der Waals surface area contributed by atoms with Gasteiger partial charge in [0.15, 0.2) is 0 Å². The second kappa shape index (κ2) is 7.79. The first-order valence-electron chi connectivity index (χ1n) is 7.55. The number of methoxy groups -OCH3 is 1. The van der Waals surface area contributed by atoms with E-state index in [2.05, 4.69) is 12.1 Å². The lowest BCUT2D eigenvalue weighted by Gasteiger charge is -2.18. The van der Waals surface area contributed by atoms with E-state index in [1.807, 2.05) is 12.1 Å². The second-order valence-electron chi connectivity index (χ2n) is 5.71. The summed E-state index contributed by atoms with van der Waals surface area (Å²) in [5.74, 6) is 1.80. The highest BCUT2D eigenvalue weighted by molar-refractivity contribution is 6.20. The molecule has 0 bridgehead atoms. The van der Waals surface area contributed by atoms with Crippen molar-refractivity contribution in [2.45, 2.75) is 56.7 Å². The molecule has 1 fully saturated rings. The minimum atomic E-state index is 0.236. The van der Waals surface area contributed by atoms with Gasteiger partial charge in [-0.3, -0.25) is 0 Å². The molecule has 1 aliphatic carbocycles. The molecule has 1 saturated carbocycles. The van der Waals surface area contributed by atoms with E-state index < -0.39 is 0 Å². The van der Waals surface area contributed by atoms with E-state index in [0.717, 1.165) is 24.5 Å². The minimum absolute atomic E-state index is 0.236. The molecule has 2 rings (SSSR count). The summed E-state index contributed by atoms with van der Waals surface area (Å²) in [5.41, 5.74) is 1.23. The zero-order valence-corrected chi connectivity index (χ0v) is 12.7. The fourth-order valence-corrected chi connectivity index (χ4v) is 3.57. The van der Waals surface area contributed by atoms with Crippen LogP contribution >= 0.6 is 11.6 Å². The number of ether oxygens (including phenoxy) is 1. The quantitative estimate of drug-likeness (QED) is 0.532. The number of alkyl halides is 1. The molecule has 1 atom stereocenters. The average molecular weight is 281 g/mol. The number of halogens is 1. The fraction of sp³-hybridized carbons (Fsp3) is 0.647. The van der Waals surface area contributed by atoms with E-state index in [9.17, 15) is 0 Å². The largest absolute Gasteiger partial charge is 0.496 e. The molecule has 19 heavy (non-hydrogen) atoms. The molecular weight excluding hydrogens is 256 g/mol. The fourth-order valence-electron chi connectivity index (χ4n) is 3.15. The Bertz CT molecular complexity index is 369. The summed E-state index contributed by atoms with van der Waals surface area (Å²) in [5, 5.41) is 0.236. The van der Waals surface area contributed by atoms with E-state index >= 15 is 0 Å². The summed E-state index contributed by atoms with van der Waals surface area (Å²) in [7, 11) is 1.73. The first-order valence-corrected chi connectivity index (χ1v) is 7.99. The van der Waals surface area contributed by atoms with E-state index in [-0.39, 0.29) is 5.38 Å². The summed E-state index contributed by atoms with van der Waals surface area (Å²) >= 11 is 6.58. The molecule has 0 radical (unpaired) electrons. The van der Waals surface area contributed by atoms with Gasteiger partial charge < -0.3 is 4.74 Å². The Morgan fingerprint density at radius 3 is 2.53 bits per heavy atom. The van der Waals surface area contributed by atoms with Crippen molar-refractivity contribution in [3.63, 3.8) is 0 Å². The Kier molecular flexibility index (Phi) is 6.03. The zero-order valence-electron chi connectivity index (χ0n) is 11.9. The van der Waals surface area contributed by atoms with Crippen LogP contribution in [0.3, 0.4) is 0 Å². The SMILES string of the molecule is COc1ccccc1CC(Cl)CC1CCCCCC1. The highest BCUT2D eigenvalue weighted by atomic mass is 35.5. The first kappa shape index (κ1) is 14.7. The second-order valence-corrected chi connectivity index (χ2v) is 6.32. The van der Waals surface area contributed by atoms with Crippen molar-refractivity contribution in [3.8, 4) is 5.75 Å². The van der Waals surface area contributed by atoms with Crippen LogP contribution in [-0.4, -0.2) is 12.5 Å². The maximum atomic E-state index is 6.58. The Hall–Kier alpha value is -0.690. The predicted molar refractivity (Wildman–Crippen MR) is 82.1 cm³/mol. The Morgan fingerprint density at radius 1 is 1.16 bits per heavy atom. The van der Waals surface area contributed by atoms with Crippen LogP contribution < -0.4 is 4.74 Å². The molecule has 1 aliphatic rings. The van der Waals surface area contributed by atoms with Crippen molar-refractivity contribution in [3.05, 3.63) is 29.8 Å². The van der Waals surface area contributed by atoms with Gasteiger partial charge in [0.25, 0.3) is 0 Å². The zero-order chi connectivity index (χ0) is 13.5. The van der Waals surface area contributed by atoms with Crippen LogP contribution in [-0.2, 0) is 6.42 Å². The molecule has 1 nitrogen and oxygen atoms in total. The van der Waals surface area contributed by atoms with Crippen molar-refractivity contribution in [2.24, 2.45) is 5.92 Å². The van der Waals surface area contributed by atoms with Gasteiger partial charge in [0.1, 0.15) is 5.75 Å². The minimum Gasteiger partial charge on any atom is -0.496 e. The smallest absolute Gasteiger partial charge is 0.122 e. The average Bonchev–Trinajstić information content (AvgIpc) is 2.68. The van der Waals surface area contributed by atoms with Crippen LogP contribution in [0.1, 0.15) is 50.5 Å². The molecule has 1 unspecified atom stereocenters. The molecule has 106 valence electrons. The summed E-state index contributed by atoms with van der Waals surface area (Å²) in [6.45, 7) is 0.